The van der Waals surface area contributed by atoms with Gasteiger partial charge < -0.3 is 19.1 Å². The van der Waals surface area contributed by atoms with Gasteiger partial charge in [0.2, 0.25) is 6.79 Å². The molecule has 7 nitrogen and oxygen atoms in total. The molecule has 1 aliphatic heterocycles. The van der Waals surface area contributed by atoms with E-state index >= 15 is 0 Å². The molecule has 4 rings (SSSR count). The minimum atomic E-state index is -0.138. The van der Waals surface area contributed by atoms with Crippen molar-refractivity contribution in [2.75, 3.05) is 13.8 Å². The lowest BCUT2D eigenvalue weighted by atomic mass is 10.2. The maximum Gasteiger partial charge on any atom is 0.274 e. The van der Waals surface area contributed by atoms with Gasteiger partial charge in [0.1, 0.15) is 12.4 Å². The van der Waals surface area contributed by atoms with Crippen molar-refractivity contribution in [2.24, 2.45) is 0 Å². The number of carbonyl (C=O) groups excluding carboxylic acids is 1. The van der Waals surface area contributed by atoms with E-state index in [1.165, 1.54) is 0 Å². The highest BCUT2D eigenvalue weighted by Crippen LogP contribution is 2.35. The molecule has 3 aromatic rings. The summed E-state index contributed by atoms with van der Waals surface area (Å²) in [5.41, 5.74) is 1.08. The third kappa shape index (κ3) is 3.61. The Morgan fingerprint density at radius 1 is 1.33 bits per heavy atom. The van der Waals surface area contributed by atoms with Crippen molar-refractivity contribution in [1.29, 1.82) is 0 Å². The van der Waals surface area contributed by atoms with Crippen molar-refractivity contribution in [2.45, 2.75) is 19.6 Å². The van der Waals surface area contributed by atoms with Gasteiger partial charge in [-0.1, -0.05) is 6.07 Å². The number of nitrogens with zero attached hydrogens (tertiary/aromatic N) is 2. The molecule has 1 aromatic carbocycles. The lowest BCUT2D eigenvalue weighted by Crippen LogP contribution is -2.29. The fraction of sp³-hybridized carbons (Fsp3) is 0.263. The standard InChI is InChI=1S/C19H19N3O4S/c1-12(18-4-3-7-27-18)22(2)19(23)15-8-13(20-21-15)10-24-14-5-6-16-17(9-14)26-11-25-16/h3-9,12H,10-11H2,1-2H3,(H,20,21)/t12-/m1/s1. The van der Waals surface area contributed by atoms with Gasteiger partial charge in [0, 0.05) is 18.0 Å². The third-order valence-electron chi connectivity index (χ3n) is 4.44. The minimum absolute atomic E-state index is 0.0115. The molecule has 2 aromatic heterocycles. The molecule has 3 heterocycles. The molecular weight excluding hydrogens is 366 g/mol. The van der Waals surface area contributed by atoms with E-state index in [1.54, 1.807) is 41.5 Å². The van der Waals surface area contributed by atoms with Gasteiger partial charge in [0.25, 0.3) is 5.91 Å². The summed E-state index contributed by atoms with van der Waals surface area (Å²) in [6.45, 7) is 2.49. The maximum absolute atomic E-state index is 12.7. The van der Waals surface area contributed by atoms with Crippen molar-refractivity contribution in [3.8, 4) is 17.2 Å². The van der Waals surface area contributed by atoms with E-state index in [1.807, 2.05) is 30.5 Å². The Bertz CT molecular complexity index is 938. The topological polar surface area (TPSA) is 76.7 Å². The summed E-state index contributed by atoms with van der Waals surface area (Å²) in [6.07, 6.45) is 0. The number of H-pyrrole nitrogens is 1. The zero-order valence-electron chi connectivity index (χ0n) is 15.0. The number of ether oxygens (including phenoxy) is 3. The highest BCUT2D eigenvalue weighted by Gasteiger charge is 2.22. The summed E-state index contributed by atoms with van der Waals surface area (Å²) in [6, 6.07) is 11.1. The first-order valence-electron chi connectivity index (χ1n) is 8.49. The number of hydrogen-bond acceptors (Lipinski definition) is 6. The summed E-state index contributed by atoms with van der Waals surface area (Å²) in [5, 5.41) is 9.00. The quantitative estimate of drug-likeness (QED) is 0.701. The predicted molar refractivity (Wildman–Crippen MR) is 100 cm³/mol. The molecule has 1 atom stereocenters. The van der Waals surface area contributed by atoms with Gasteiger partial charge in [-0.15, -0.1) is 11.3 Å². The average Bonchev–Trinajstić information content (AvgIpc) is 3.45. The van der Waals surface area contributed by atoms with Crippen molar-refractivity contribution >= 4 is 17.2 Å². The van der Waals surface area contributed by atoms with Crippen LogP contribution >= 0.6 is 11.3 Å². The van der Waals surface area contributed by atoms with Gasteiger partial charge >= 0.3 is 0 Å². The Morgan fingerprint density at radius 3 is 3.00 bits per heavy atom. The van der Waals surface area contributed by atoms with Crippen LogP contribution in [-0.2, 0) is 6.61 Å². The normalized spacial score (nSPS) is 13.4. The second-order valence-electron chi connectivity index (χ2n) is 6.19. The number of hydrogen-bond donors (Lipinski definition) is 1. The van der Waals surface area contributed by atoms with Crippen molar-refractivity contribution in [3.05, 3.63) is 58.0 Å². The zero-order chi connectivity index (χ0) is 18.8. The van der Waals surface area contributed by atoms with Crippen LogP contribution in [0.2, 0.25) is 0 Å². The summed E-state index contributed by atoms with van der Waals surface area (Å²) in [5.74, 6) is 1.89. The molecule has 0 radical (unpaired) electrons. The highest BCUT2D eigenvalue weighted by molar-refractivity contribution is 7.10. The summed E-state index contributed by atoms with van der Waals surface area (Å²) in [7, 11) is 1.78. The molecule has 0 bridgehead atoms. The van der Waals surface area contributed by atoms with Crippen molar-refractivity contribution in [3.63, 3.8) is 0 Å². The van der Waals surface area contributed by atoms with Crippen molar-refractivity contribution in [1.82, 2.24) is 15.1 Å². The van der Waals surface area contributed by atoms with E-state index < -0.39 is 0 Å². The molecule has 27 heavy (non-hydrogen) atoms. The van der Waals surface area contributed by atoms with Gasteiger partial charge in [-0.25, -0.2) is 0 Å². The molecule has 0 spiro atoms. The maximum atomic E-state index is 12.7. The van der Waals surface area contributed by atoms with Crippen LogP contribution in [0.5, 0.6) is 17.2 Å². The number of rotatable bonds is 6. The largest absolute Gasteiger partial charge is 0.487 e. The SMILES string of the molecule is C[C@H](c1cccs1)N(C)C(=O)c1cc(COc2ccc3c(c2)OCO3)[nH]n1. The van der Waals surface area contributed by atoms with Gasteiger partial charge in [0.05, 0.1) is 11.7 Å². The Labute approximate surface area is 160 Å². The van der Waals surface area contributed by atoms with Gasteiger partial charge in [0.15, 0.2) is 17.2 Å². The summed E-state index contributed by atoms with van der Waals surface area (Å²) in [4.78, 5) is 15.5. The highest BCUT2D eigenvalue weighted by atomic mass is 32.1. The molecule has 0 saturated heterocycles. The average molecular weight is 385 g/mol. The summed E-state index contributed by atoms with van der Waals surface area (Å²) >= 11 is 1.63. The van der Waals surface area contributed by atoms with Crippen LogP contribution in [0.3, 0.4) is 0 Å². The van der Waals surface area contributed by atoms with E-state index in [9.17, 15) is 4.79 Å². The second kappa shape index (κ2) is 7.32. The number of aromatic amines is 1. The van der Waals surface area contributed by atoms with E-state index in [-0.39, 0.29) is 25.3 Å². The number of aromatic nitrogens is 2. The van der Waals surface area contributed by atoms with Crippen LogP contribution in [0.1, 0.15) is 34.0 Å². The number of amides is 1. The smallest absolute Gasteiger partial charge is 0.274 e. The first-order chi connectivity index (χ1) is 13.1. The summed E-state index contributed by atoms with van der Waals surface area (Å²) < 4.78 is 16.4. The van der Waals surface area contributed by atoms with Crippen LogP contribution in [0.25, 0.3) is 0 Å². The fourth-order valence-corrected chi connectivity index (χ4v) is 3.58. The molecule has 1 amide bonds. The molecule has 0 fully saturated rings. The Morgan fingerprint density at radius 2 is 2.19 bits per heavy atom. The van der Waals surface area contributed by atoms with E-state index in [0.29, 0.717) is 28.6 Å². The first kappa shape index (κ1) is 17.4. The molecular formula is C19H19N3O4S. The third-order valence-corrected chi connectivity index (χ3v) is 5.49. The Hall–Kier alpha value is -3.00. The van der Waals surface area contributed by atoms with E-state index in [4.69, 9.17) is 14.2 Å². The Kier molecular flexibility index (Phi) is 4.72. The van der Waals surface area contributed by atoms with E-state index in [0.717, 1.165) is 4.88 Å². The number of benzene rings is 1. The molecule has 8 heteroatoms. The lowest BCUT2D eigenvalue weighted by Gasteiger charge is -2.23. The van der Waals surface area contributed by atoms with Crippen LogP contribution < -0.4 is 14.2 Å². The first-order valence-corrected chi connectivity index (χ1v) is 9.37. The van der Waals surface area contributed by atoms with Crippen LogP contribution in [0.4, 0.5) is 0 Å². The van der Waals surface area contributed by atoms with Gasteiger partial charge in [-0.05, 0) is 36.6 Å². The minimum Gasteiger partial charge on any atom is -0.487 e. The fourth-order valence-electron chi connectivity index (χ4n) is 2.75. The number of carbonyl (C=O) groups is 1. The van der Waals surface area contributed by atoms with Crippen LogP contribution in [0.15, 0.2) is 41.8 Å². The Balaban J connectivity index is 1.38. The molecule has 1 N–H and O–H groups in total. The van der Waals surface area contributed by atoms with Crippen LogP contribution in [-0.4, -0.2) is 34.8 Å². The van der Waals surface area contributed by atoms with Gasteiger partial charge in [-0.2, -0.15) is 5.10 Å². The van der Waals surface area contributed by atoms with Crippen molar-refractivity contribution < 1.29 is 19.0 Å². The molecule has 1 aliphatic rings. The number of nitrogens with one attached hydrogen (secondary N) is 1. The number of fused-ring (bicyclic) bond motifs is 1. The van der Waals surface area contributed by atoms with Crippen LogP contribution in [0, 0.1) is 0 Å². The lowest BCUT2D eigenvalue weighted by molar-refractivity contribution is 0.0739. The number of thiophene rings is 1. The molecule has 0 aliphatic carbocycles. The molecule has 0 unspecified atom stereocenters. The van der Waals surface area contributed by atoms with E-state index in [2.05, 4.69) is 10.2 Å². The second-order valence-corrected chi connectivity index (χ2v) is 7.17. The zero-order valence-corrected chi connectivity index (χ0v) is 15.8. The van der Waals surface area contributed by atoms with Gasteiger partial charge in [-0.3, -0.25) is 9.89 Å². The predicted octanol–water partition coefficient (Wildman–Crippen LogP) is 3.61. The molecule has 140 valence electrons. The monoisotopic (exact) mass is 385 g/mol. The molecule has 0 saturated carbocycles.